The second kappa shape index (κ2) is 5.07. The summed E-state index contributed by atoms with van der Waals surface area (Å²) in [6.07, 6.45) is 3.33. The molecule has 0 aliphatic heterocycles. The monoisotopic (exact) mass is 264 g/mol. The summed E-state index contributed by atoms with van der Waals surface area (Å²) >= 11 is 10.5. The average molecular weight is 265 g/mol. The predicted octanol–water partition coefficient (Wildman–Crippen LogP) is 2.06. The van der Waals surface area contributed by atoms with Crippen LogP contribution in [0.5, 0.6) is 0 Å². The van der Waals surface area contributed by atoms with Gasteiger partial charge in [0, 0.05) is 22.2 Å². The number of thiocarbonyl (C=S) groups is 1. The minimum Gasteiger partial charge on any atom is -0.375 e. The zero-order valence-corrected chi connectivity index (χ0v) is 10.3. The topological polar surface area (TPSA) is 63.3 Å². The number of fused-ring (bicyclic) bond motifs is 1. The summed E-state index contributed by atoms with van der Waals surface area (Å²) in [4.78, 5) is 4.23. The lowest BCUT2D eigenvalue weighted by Gasteiger charge is -2.01. The lowest BCUT2D eigenvalue weighted by Crippen LogP contribution is -2.24. The number of hydrogen-bond acceptors (Lipinski definition) is 3. The van der Waals surface area contributed by atoms with Gasteiger partial charge in [0.25, 0.3) is 0 Å². The Morgan fingerprint density at radius 2 is 2.29 bits per heavy atom. The number of rotatable bonds is 2. The molecule has 86 valence electrons. The number of nitrogens with one attached hydrogen (secondary N) is 1. The van der Waals surface area contributed by atoms with Gasteiger partial charge in [-0.3, -0.25) is 10.4 Å². The van der Waals surface area contributed by atoms with E-state index in [1.807, 2.05) is 18.2 Å². The average Bonchev–Trinajstić information content (AvgIpc) is 2.28. The molecule has 0 saturated carbocycles. The molecule has 4 nitrogen and oxygen atoms in total. The fraction of sp³-hybridized carbons (Fsp3) is 0. The van der Waals surface area contributed by atoms with Crippen LogP contribution in [0.3, 0.4) is 0 Å². The zero-order chi connectivity index (χ0) is 12.3. The van der Waals surface area contributed by atoms with E-state index >= 15 is 0 Å². The van der Waals surface area contributed by atoms with Gasteiger partial charge in [0.1, 0.15) is 0 Å². The van der Waals surface area contributed by atoms with Gasteiger partial charge in [-0.15, -0.1) is 0 Å². The Hall–Kier alpha value is -1.72. The molecule has 6 heteroatoms. The first-order valence-corrected chi connectivity index (χ1v) is 5.58. The molecule has 0 fully saturated rings. The van der Waals surface area contributed by atoms with E-state index in [9.17, 15) is 0 Å². The van der Waals surface area contributed by atoms with Gasteiger partial charge in [0.2, 0.25) is 0 Å². The van der Waals surface area contributed by atoms with Crippen molar-refractivity contribution in [1.29, 1.82) is 0 Å². The summed E-state index contributed by atoms with van der Waals surface area (Å²) in [6.45, 7) is 0. The zero-order valence-electron chi connectivity index (χ0n) is 8.72. The Labute approximate surface area is 108 Å². The molecule has 2 aromatic rings. The van der Waals surface area contributed by atoms with Gasteiger partial charge in [0.15, 0.2) is 5.11 Å². The number of halogens is 1. The SMILES string of the molecule is NC(=S)N/N=C\c1ccnc2cc(Cl)ccc12. The van der Waals surface area contributed by atoms with E-state index in [-0.39, 0.29) is 5.11 Å². The highest BCUT2D eigenvalue weighted by atomic mass is 35.5. The van der Waals surface area contributed by atoms with Crippen LogP contribution in [-0.4, -0.2) is 16.3 Å². The van der Waals surface area contributed by atoms with Gasteiger partial charge in [-0.25, -0.2) is 0 Å². The van der Waals surface area contributed by atoms with Gasteiger partial charge >= 0.3 is 0 Å². The van der Waals surface area contributed by atoms with Crippen molar-refractivity contribution in [1.82, 2.24) is 10.4 Å². The third kappa shape index (κ3) is 2.89. The fourth-order valence-corrected chi connectivity index (χ4v) is 1.64. The maximum atomic E-state index is 5.90. The Kier molecular flexibility index (Phi) is 3.51. The number of nitrogens with zero attached hydrogens (tertiary/aromatic N) is 2. The Morgan fingerprint density at radius 1 is 1.47 bits per heavy atom. The van der Waals surface area contributed by atoms with Crippen molar-refractivity contribution in [3.05, 3.63) is 41.0 Å². The van der Waals surface area contributed by atoms with Crippen molar-refractivity contribution in [3.8, 4) is 0 Å². The standard InChI is InChI=1S/C11H9ClN4S/c12-8-1-2-9-7(6-15-16-11(13)17)3-4-14-10(9)5-8/h1-6H,(H3,13,16,17)/b15-6-. The molecule has 1 heterocycles. The summed E-state index contributed by atoms with van der Waals surface area (Å²) < 4.78 is 0. The highest BCUT2D eigenvalue weighted by Crippen LogP contribution is 2.19. The maximum absolute atomic E-state index is 5.90. The molecule has 0 aliphatic carbocycles. The number of hydrogen-bond donors (Lipinski definition) is 2. The van der Waals surface area contributed by atoms with Crippen LogP contribution in [0, 0.1) is 0 Å². The number of nitrogens with two attached hydrogens (primary N) is 1. The van der Waals surface area contributed by atoms with E-state index in [0.717, 1.165) is 16.5 Å². The summed E-state index contributed by atoms with van der Waals surface area (Å²) in [5.74, 6) is 0. The van der Waals surface area contributed by atoms with Gasteiger partial charge in [-0.1, -0.05) is 17.7 Å². The molecule has 1 aromatic heterocycles. The molecule has 0 spiro atoms. The maximum Gasteiger partial charge on any atom is 0.184 e. The Balaban J connectivity index is 2.40. The molecule has 17 heavy (non-hydrogen) atoms. The molecule has 0 saturated heterocycles. The van der Waals surface area contributed by atoms with Crippen molar-refractivity contribution in [2.75, 3.05) is 0 Å². The molecule has 0 atom stereocenters. The Bertz CT molecular complexity index is 597. The molecule has 0 bridgehead atoms. The molecule has 0 radical (unpaired) electrons. The van der Waals surface area contributed by atoms with E-state index in [1.165, 1.54) is 0 Å². The van der Waals surface area contributed by atoms with Crippen LogP contribution in [-0.2, 0) is 0 Å². The van der Waals surface area contributed by atoms with Crippen LogP contribution in [0.25, 0.3) is 10.9 Å². The first-order valence-electron chi connectivity index (χ1n) is 4.79. The second-order valence-corrected chi connectivity index (χ2v) is 4.17. The molecular weight excluding hydrogens is 256 g/mol. The lowest BCUT2D eigenvalue weighted by atomic mass is 10.1. The van der Waals surface area contributed by atoms with Crippen LogP contribution in [0.1, 0.15) is 5.56 Å². The highest BCUT2D eigenvalue weighted by Gasteiger charge is 2.00. The number of benzene rings is 1. The first-order chi connectivity index (χ1) is 8.16. The van der Waals surface area contributed by atoms with E-state index in [1.54, 1.807) is 18.5 Å². The smallest absolute Gasteiger partial charge is 0.184 e. The molecule has 2 rings (SSSR count). The normalized spacial score (nSPS) is 10.9. The van der Waals surface area contributed by atoms with Crippen molar-refractivity contribution in [2.45, 2.75) is 0 Å². The lowest BCUT2D eigenvalue weighted by molar-refractivity contribution is 1.04. The van der Waals surface area contributed by atoms with Crippen LogP contribution >= 0.6 is 23.8 Å². The molecule has 0 amide bonds. The molecule has 0 aliphatic rings. The van der Waals surface area contributed by atoms with Crippen LogP contribution in [0.4, 0.5) is 0 Å². The molecule has 1 aromatic carbocycles. The van der Waals surface area contributed by atoms with Crippen LogP contribution in [0.15, 0.2) is 35.6 Å². The minimum absolute atomic E-state index is 0.127. The number of pyridine rings is 1. The third-order valence-corrected chi connectivity index (χ3v) is 2.44. The summed E-state index contributed by atoms with van der Waals surface area (Å²) in [7, 11) is 0. The number of aromatic nitrogens is 1. The minimum atomic E-state index is 0.127. The van der Waals surface area contributed by atoms with E-state index in [0.29, 0.717) is 5.02 Å². The number of hydrazone groups is 1. The van der Waals surface area contributed by atoms with Gasteiger partial charge in [-0.05, 0) is 30.4 Å². The molecule has 3 N–H and O–H groups in total. The molecule has 0 unspecified atom stereocenters. The highest BCUT2D eigenvalue weighted by molar-refractivity contribution is 7.80. The van der Waals surface area contributed by atoms with Gasteiger partial charge in [0.05, 0.1) is 11.7 Å². The van der Waals surface area contributed by atoms with Crippen molar-refractivity contribution in [3.63, 3.8) is 0 Å². The molecular formula is C11H9ClN4S. The van der Waals surface area contributed by atoms with Gasteiger partial charge < -0.3 is 5.73 Å². The van der Waals surface area contributed by atoms with Crippen molar-refractivity contribution in [2.24, 2.45) is 10.8 Å². The van der Waals surface area contributed by atoms with E-state index in [2.05, 4.69) is 27.7 Å². The largest absolute Gasteiger partial charge is 0.375 e. The first kappa shape index (κ1) is 11.8. The van der Waals surface area contributed by atoms with E-state index < -0.39 is 0 Å². The summed E-state index contributed by atoms with van der Waals surface area (Å²) in [5.41, 5.74) is 9.50. The van der Waals surface area contributed by atoms with Crippen LogP contribution < -0.4 is 11.2 Å². The summed E-state index contributed by atoms with van der Waals surface area (Å²) in [6, 6.07) is 7.35. The second-order valence-electron chi connectivity index (χ2n) is 3.30. The van der Waals surface area contributed by atoms with Crippen molar-refractivity contribution < 1.29 is 0 Å². The van der Waals surface area contributed by atoms with Crippen LogP contribution in [0.2, 0.25) is 5.02 Å². The van der Waals surface area contributed by atoms with E-state index in [4.69, 9.17) is 17.3 Å². The van der Waals surface area contributed by atoms with Crippen molar-refractivity contribution >= 4 is 46.0 Å². The fourth-order valence-electron chi connectivity index (χ4n) is 1.42. The predicted molar refractivity (Wildman–Crippen MR) is 74.3 cm³/mol. The Morgan fingerprint density at radius 3 is 3.06 bits per heavy atom. The quantitative estimate of drug-likeness (QED) is 0.495. The third-order valence-electron chi connectivity index (χ3n) is 2.12. The van der Waals surface area contributed by atoms with Gasteiger partial charge in [-0.2, -0.15) is 5.10 Å². The summed E-state index contributed by atoms with van der Waals surface area (Å²) in [5, 5.41) is 5.66.